The molecule has 0 aromatic carbocycles. The summed E-state index contributed by atoms with van der Waals surface area (Å²) in [5.41, 5.74) is 6.41. The number of nitrogen functional groups attached to an aromatic ring is 1. The molecule has 0 bridgehead atoms. The van der Waals surface area contributed by atoms with E-state index in [1.165, 1.54) is 6.20 Å². The second kappa shape index (κ2) is 4.52. The van der Waals surface area contributed by atoms with E-state index in [1.54, 1.807) is 4.90 Å². The highest BCUT2D eigenvalue weighted by molar-refractivity contribution is 5.97. The molecule has 6 heteroatoms. The Labute approximate surface area is 93.8 Å². The number of ether oxygens (including phenoxy) is 1. The van der Waals surface area contributed by atoms with E-state index >= 15 is 0 Å². The van der Waals surface area contributed by atoms with Gasteiger partial charge in [-0.3, -0.25) is 9.89 Å². The van der Waals surface area contributed by atoms with E-state index in [-0.39, 0.29) is 12.0 Å². The summed E-state index contributed by atoms with van der Waals surface area (Å²) in [5, 5.41) is 6.38. The third kappa shape index (κ3) is 2.01. The van der Waals surface area contributed by atoms with Crippen molar-refractivity contribution < 1.29 is 9.53 Å². The Balaban J connectivity index is 2.07. The van der Waals surface area contributed by atoms with Crippen molar-refractivity contribution >= 4 is 11.6 Å². The molecule has 0 aliphatic carbocycles. The normalized spacial score (nSPS) is 21.1. The number of aromatic amines is 1. The highest BCUT2D eigenvalue weighted by Gasteiger charge is 2.25. The lowest BCUT2D eigenvalue weighted by Crippen LogP contribution is -2.45. The van der Waals surface area contributed by atoms with E-state index < -0.39 is 0 Å². The highest BCUT2D eigenvalue weighted by atomic mass is 16.5. The first-order valence-electron chi connectivity index (χ1n) is 5.42. The lowest BCUT2D eigenvalue weighted by molar-refractivity contribution is -0.0227. The molecule has 2 heterocycles. The van der Waals surface area contributed by atoms with Crippen LogP contribution in [0.5, 0.6) is 0 Å². The van der Waals surface area contributed by atoms with Gasteiger partial charge < -0.3 is 15.4 Å². The lowest BCUT2D eigenvalue weighted by Gasteiger charge is -2.32. The zero-order valence-corrected chi connectivity index (χ0v) is 9.27. The Morgan fingerprint density at radius 1 is 1.81 bits per heavy atom. The van der Waals surface area contributed by atoms with Crippen LogP contribution in [0.4, 0.5) is 5.69 Å². The number of aromatic nitrogens is 2. The summed E-state index contributed by atoms with van der Waals surface area (Å²) < 4.78 is 5.50. The summed E-state index contributed by atoms with van der Waals surface area (Å²) in [6, 6.07) is 0. The number of hydrogen-bond acceptors (Lipinski definition) is 4. The van der Waals surface area contributed by atoms with Crippen LogP contribution in [-0.2, 0) is 4.74 Å². The van der Waals surface area contributed by atoms with E-state index in [4.69, 9.17) is 10.5 Å². The monoisotopic (exact) mass is 224 g/mol. The third-order valence-corrected chi connectivity index (χ3v) is 2.76. The molecule has 0 saturated carbocycles. The summed E-state index contributed by atoms with van der Waals surface area (Å²) in [4.78, 5) is 13.8. The van der Waals surface area contributed by atoms with Crippen LogP contribution in [0.25, 0.3) is 0 Å². The van der Waals surface area contributed by atoms with Crippen molar-refractivity contribution in [3.05, 3.63) is 11.9 Å². The van der Waals surface area contributed by atoms with Gasteiger partial charge in [0.25, 0.3) is 5.91 Å². The summed E-state index contributed by atoms with van der Waals surface area (Å²) in [6.45, 7) is 3.85. The molecule has 2 rings (SSSR count). The van der Waals surface area contributed by atoms with E-state index in [9.17, 15) is 4.79 Å². The molecule has 1 aliphatic rings. The van der Waals surface area contributed by atoms with Crippen molar-refractivity contribution in [2.45, 2.75) is 19.4 Å². The second-order valence-corrected chi connectivity index (χ2v) is 3.85. The number of nitrogens with one attached hydrogen (secondary N) is 1. The van der Waals surface area contributed by atoms with Crippen LogP contribution in [0.1, 0.15) is 23.8 Å². The van der Waals surface area contributed by atoms with Crippen molar-refractivity contribution in [3.63, 3.8) is 0 Å². The van der Waals surface area contributed by atoms with Gasteiger partial charge in [0.1, 0.15) is 5.69 Å². The molecule has 0 spiro atoms. The Morgan fingerprint density at radius 3 is 3.25 bits per heavy atom. The topological polar surface area (TPSA) is 84.2 Å². The molecule has 1 fully saturated rings. The number of nitrogens with two attached hydrogens (primary N) is 1. The minimum absolute atomic E-state index is 0.100. The summed E-state index contributed by atoms with van der Waals surface area (Å²) in [5.74, 6) is -0.100. The predicted octanol–water partition coefficient (Wildman–Crippen LogP) is 0.243. The molecule has 1 unspecified atom stereocenters. The molecule has 6 nitrogen and oxygen atoms in total. The first-order chi connectivity index (χ1) is 7.72. The molecule has 1 aromatic heterocycles. The fourth-order valence-electron chi connectivity index (χ4n) is 1.78. The zero-order chi connectivity index (χ0) is 11.5. The van der Waals surface area contributed by atoms with Gasteiger partial charge >= 0.3 is 0 Å². The molecule has 1 aromatic rings. The molecular weight excluding hydrogens is 208 g/mol. The number of nitrogens with zero attached hydrogens (tertiary/aromatic N) is 2. The molecule has 1 atom stereocenters. The Kier molecular flexibility index (Phi) is 3.09. The highest BCUT2D eigenvalue weighted by Crippen LogP contribution is 2.14. The van der Waals surface area contributed by atoms with E-state index in [1.807, 2.05) is 6.92 Å². The number of H-pyrrole nitrogens is 1. The summed E-state index contributed by atoms with van der Waals surface area (Å²) >= 11 is 0. The maximum atomic E-state index is 12.1. The second-order valence-electron chi connectivity index (χ2n) is 3.85. The van der Waals surface area contributed by atoms with Gasteiger partial charge in [-0.15, -0.1) is 0 Å². The average molecular weight is 224 g/mol. The van der Waals surface area contributed by atoms with Crippen molar-refractivity contribution in [3.8, 4) is 0 Å². The Morgan fingerprint density at radius 2 is 2.62 bits per heavy atom. The maximum Gasteiger partial charge on any atom is 0.274 e. The molecular formula is C10H16N4O2. The van der Waals surface area contributed by atoms with Gasteiger partial charge in [0.2, 0.25) is 0 Å². The van der Waals surface area contributed by atoms with Gasteiger partial charge in [-0.2, -0.15) is 5.10 Å². The third-order valence-electron chi connectivity index (χ3n) is 2.76. The molecule has 0 radical (unpaired) electrons. The first kappa shape index (κ1) is 10.9. The van der Waals surface area contributed by atoms with Crippen molar-refractivity contribution in [1.82, 2.24) is 15.1 Å². The van der Waals surface area contributed by atoms with Crippen LogP contribution >= 0.6 is 0 Å². The zero-order valence-electron chi connectivity index (χ0n) is 9.27. The van der Waals surface area contributed by atoms with Gasteiger partial charge in [-0.25, -0.2) is 0 Å². The van der Waals surface area contributed by atoms with Crippen molar-refractivity contribution in [2.75, 3.05) is 25.4 Å². The number of amides is 1. The molecule has 88 valence electrons. The standard InChI is InChI=1S/C10H16N4O2/c1-2-7-6-14(3-4-16-7)10(15)9-8(11)5-12-13-9/h5,7H,2-4,6,11H2,1H3,(H,12,13). The molecule has 1 aliphatic heterocycles. The fourth-order valence-corrected chi connectivity index (χ4v) is 1.78. The maximum absolute atomic E-state index is 12.1. The van der Waals surface area contributed by atoms with Crippen LogP contribution in [0.2, 0.25) is 0 Å². The van der Waals surface area contributed by atoms with Crippen molar-refractivity contribution in [2.24, 2.45) is 0 Å². The Hall–Kier alpha value is -1.56. The largest absolute Gasteiger partial charge is 0.396 e. The number of hydrogen-bond donors (Lipinski definition) is 2. The van der Waals surface area contributed by atoms with Crippen LogP contribution in [-0.4, -0.2) is 46.8 Å². The molecule has 1 amide bonds. The van der Waals surface area contributed by atoms with E-state index in [2.05, 4.69) is 10.2 Å². The van der Waals surface area contributed by atoms with Crippen molar-refractivity contribution in [1.29, 1.82) is 0 Å². The lowest BCUT2D eigenvalue weighted by atomic mass is 10.2. The van der Waals surface area contributed by atoms with Gasteiger partial charge in [0, 0.05) is 13.1 Å². The minimum Gasteiger partial charge on any atom is -0.396 e. The summed E-state index contributed by atoms with van der Waals surface area (Å²) in [6.07, 6.45) is 2.48. The molecule has 16 heavy (non-hydrogen) atoms. The van der Waals surface area contributed by atoms with Gasteiger partial charge in [-0.05, 0) is 6.42 Å². The van der Waals surface area contributed by atoms with E-state index in [0.29, 0.717) is 31.1 Å². The van der Waals surface area contributed by atoms with Gasteiger partial charge in [0.15, 0.2) is 0 Å². The average Bonchev–Trinajstić information content (AvgIpc) is 2.74. The van der Waals surface area contributed by atoms with Gasteiger partial charge in [0.05, 0.1) is 24.6 Å². The van der Waals surface area contributed by atoms with Crippen LogP contribution < -0.4 is 5.73 Å². The predicted molar refractivity (Wildman–Crippen MR) is 58.9 cm³/mol. The fraction of sp³-hybridized carbons (Fsp3) is 0.600. The number of carbonyl (C=O) groups is 1. The number of morpholine rings is 1. The van der Waals surface area contributed by atoms with Crippen LogP contribution in [0, 0.1) is 0 Å². The SMILES string of the molecule is CCC1CN(C(=O)c2[nH]ncc2N)CCO1. The quantitative estimate of drug-likeness (QED) is 0.753. The number of rotatable bonds is 2. The van der Waals surface area contributed by atoms with E-state index in [0.717, 1.165) is 6.42 Å². The number of anilines is 1. The number of carbonyl (C=O) groups excluding carboxylic acids is 1. The van der Waals surface area contributed by atoms with Gasteiger partial charge in [-0.1, -0.05) is 6.92 Å². The molecule has 3 N–H and O–H groups in total. The Bertz CT molecular complexity index is 377. The summed E-state index contributed by atoms with van der Waals surface area (Å²) in [7, 11) is 0. The molecule has 1 saturated heterocycles. The van der Waals surface area contributed by atoms with Crippen LogP contribution in [0.15, 0.2) is 6.20 Å². The first-order valence-corrected chi connectivity index (χ1v) is 5.42. The smallest absolute Gasteiger partial charge is 0.274 e. The minimum atomic E-state index is -0.100. The van der Waals surface area contributed by atoms with Crippen LogP contribution in [0.3, 0.4) is 0 Å².